The number of aromatic nitrogens is 2. The number of rotatable bonds is 7. The molecule has 0 saturated carbocycles. The minimum Gasteiger partial charge on any atom is -0.493 e. The molecule has 8 nitrogen and oxygen atoms in total. The first-order valence-electron chi connectivity index (χ1n) is 15.0. The van der Waals surface area contributed by atoms with Crippen molar-refractivity contribution in [3.8, 4) is 28.1 Å². The van der Waals surface area contributed by atoms with Crippen LogP contribution in [0.5, 0.6) is 0 Å². The van der Waals surface area contributed by atoms with E-state index in [4.69, 9.17) is 28.2 Å². The van der Waals surface area contributed by atoms with Gasteiger partial charge in [-0.25, -0.2) is 14.0 Å². The molecule has 0 bridgehead atoms. The first-order valence-corrected chi connectivity index (χ1v) is 17.2. The SMILES string of the molecule is O=S1(=O)NC(O)=CN1c1cccc(-n2cc(-c3ccc(Cl)cc3Cl)nc2Cc2ccc(-c3ccc(N4CCCCC4)cc3)cc2)c1. The second-order valence-electron chi connectivity index (χ2n) is 11.4. The van der Waals surface area contributed by atoms with Gasteiger partial charge in [-0.15, -0.1) is 0 Å². The van der Waals surface area contributed by atoms with Crippen LogP contribution in [0.4, 0.5) is 11.4 Å². The second-order valence-corrected chi connectivity index (χ2v) is 13.8. The fraction of sp³-hybridized carbons (Fsp3) is 0.171. The number of aliphatic hydroxyl groups is 1. The lowest BCUT2D eigenvalue weighted by Crippen LogP contribution is -2.29. The molecule has 234 valence electrons. The summed E-state index contributed by atoms with van der Waals surface area (Å²) >= 11 is 12.7. The molecule has 0 amide bonds. The Morgan fingerprint density at radius 1 is 0.804 bits per heavy atom. The van der Waals surface area contributed by atoms with Crippen molar-refractivity contribution < 1.29 is 13.5 Å². The molecule has 11 heteroatoms. The molecule has 2 aliphatic rings. The zero-order chi connectivity index (χ0) is 31.8. The Hall–Kier alpha value is -4.44. The lowest BCUT2D eigenvalue weighted by molar-refractivity contribution is 0.392. The number of benzene rings is 4. The summed E-state index contributed by atoms with van der Waals surface area (Å²) in [5.41, 5.74) is 7.06. The number of anilines is 2. The van der Waals surface area contributed by atoms with E-state index in [2.05, 4.69) is 58.2 Å². The number of piperidine rings is 1. The molecular formula is C35H31Cl2N5O3S. The largest absolute Gasteiger partial charge is 0.493 e. The lowest BCUT2D eigenvalue weighted by atomic mass is 10.0. The predicted molar refractivity (Wildman–Crippen MR) is 185 cm³/mol. The predicted octanol–water partition coefficient (Wildman–Crippen LogP) is 8.11. The number of nitrogens with zero attached hydrogens (tertiary/aromatic N) is 4. The minimum absolute atomic E-state index is 0.357. The Morgan fingerprint density at radius 3 is 2.17 bits per heavy atom. The van der Waals surface area contributed by atoms with Gasteiger partial charge in [0.25, 0.3) is 0 Å². The topological polar surface area (TPSA) is 90.7 Å². The summed E-state index contributed by atoms with van der Waals surface area (Å²) in [5, 5.41) is 10.8. The molecule has 5 aromatic rings. The quantitative estimate of drug-likeness (QED) is 0.182. The van der Waals surface area contributed by atoms with E-state index in [1.54, 1.807) is 30.3 Å². The van der Waals surface area contributed by atoms with Crippen LogP contribution in [0.2, 0.25) is 10.0 Å². The summed E-state index contributed by atoms with van der Waals surface area (Å²) in [6.07, 6.45) is 7.33. The number of hydrogen-bond donors (Lipinski definition) is 2. The lowest BCUT2D eigenvalue weighted by Gasteiger charge is -2.28. The molecule has 46 heavy (non-hydrogen) atoms. The molecule has 0 spiro atoms. The Balaban J connectivity index is 1.20. The number of imidazole rings is 1. The molecule has 7 rings (SSSR count). The Labute approximate surface area is 278 Å². The number of hydrogen-bond acceptors (Lipinski definition) is 5. The number of halogens is 2. The summed E-state index contributed by atoms with van der Waals surface area (Å²) in [7, 11) is -3.95. The van der Waals surface area contributed by atoms with Gasteiger partial charge >= 0.3 is 10.2 Å². The molecule has 1 saturated heterocycles. The van der Waals surface area contributed by atoms with Crippen molar-refractivity contribution in [2.45, 2.75) is 25.7 Å². The third kappa shape index (κ3) is 6.18. The van der Waals surface area contributed by atoms with Crippen LogP contribution in [0.15, 0.2) is 109 Å². The van der Waals surface area contributed by atoms with Crippen molar-refractivity contribution in [1.29, 1.82) is 0 Å². The Kier molecular flexibility index (Phi) is 8.15. The van der Waals surface area contributed by atoms with Gasteiger partial charge in [-0.3, -0.25) is 0 Å². The monoisotopic (exact) mass is 671 g/mol. The molecule has 0 atom stereocenters. The van der Waals surface area contributed by atoms with Crippen molar-refractivity contribution in [1.82, 2.24) is 14.3 Å². The molecule has 2 N–H and O–H groups in total. The molecule has 1 fully saturated rings. The normalized spacial score (nSPS) is 15.9. The second kappa shape index (κ2) is 12.4. The molecule has 1 aromatic heterocycles. The summed E-state index contributed by atoms with van der Waals surface area (Å²) < 4.78 is 30.1. The maximum Gasteiger partial charge on any atom is 0.330 e. The third-order valence-electron chi connectivity index (χ3n) is 8.32. The highest BCUT2D eigenvalue weighted by atomic mass is 35.5. The zero-order valence-corrected chi connectivity index (χ0v) is 27.1. The van der Waals surface area contributed by atoms with Crippen LogP contribution < -0.4 is 13.9 Å². The van der Waals surface area contributed by atoms with Crippen LogP contribution in [0.1, 0.15) is 30.7 Å². The van der Waals surface area contributed by atoms with Crippen molar-refractivity contribution in [3.05, 3.63) is 131 Å². The number of aliphatic hydroxyl groups excluding tert-OH is 1. The van der Waals surface area contributed by atoms with Crippen LogP contribution in [0.3, 0.4) is 0 Å². The third-order valence-corrected chi connectivity index (χ3v) is 10.2. The minimum atomic E-state index is -3.95. The molecule has 0 aliphatic carbocycles. The van der Waals surface area contributed by atoms with Crippen molar-refractivity contribution in [2.75, 3.05) is 22.3 Å². The molecule has 0 radical (unpaired) electrons. The van der Waals surface area contributed by atoms with Gasteiger partial charge < -0.3 is 14.6 Å². The zero-order valence-electron chi connectivity index (χ0n) is 24.8. The average molecular weight is 673 g/mol. The summed E-state index contributed by atoms with van der Waals surface area (Å²) in [5.74, 6) is 0.285. The first kappa shape index (κ1) is 30.2. The van der Waals surface area contributed by atoms with E-state index in [-0.39, 0.29) is 0 Å². The van der Waals surface area contributed by atoms with Gasteiger partial charge in [0.05, 0.1) is 22.6 Å². The maximum atomic E-state index is 12.6. The van der Waals surface area contributed by atoms with E-state index in [0.717, 1.165) is 51.7 Å². The van der Waals surface area contributed by atoms with Gasteiger partial charge in [0, 0.05) is 47.7 Å². The van der Waals surface area contributed by atoms with Crippen molar-refractivity contribution in [3.63, 3.8) is 0 Å². The Bertz CT molecular complexity index is 2040. The highest BCUT2D eigenvalue weighted by molar-refractivity contribution is 7.91. The van der Waals surface area contributed by atoms with E-state index in [9.17, 15) is 13.5 Å². The molecule has 2 aliphatic heterocycles. The van der Waals surface area contributed by atoms with Crippen LogP contribution in [0, 0.1) is 0 Å². The van der Waals surface area contributed by atoms with Gasteiger partial charge in [-0.05, 0) is 84.5 Å². The van der Waals surface area contributed by atoms with Gasteiger partial charge in [0.15, 0.2) is 0 Å². The standard InChI is InChI=1S/C35H31Cl2N5O3S/c36-27-13-16-31(32(37)20-27)33-22-41(29-5-4-6-30(21-29)42-23-35(43)39-46(42,44)45)34(38-33)19-24-7-9-25(10-8-24)26-11-14-28(15-12-26)40-17-2-1-3-18-40/h4-16,20-23,39,43H,1-3,17-19H2. The fourth-order valence-electron chi connectivity index (χ4n) is 5.99. The van der Waals surface area contributed by atoms with Gasteiger partial charge in [0.2, 0.25) is 5.88 Å². The van der Waals surface area contributed by atoms with Crippen LogP contribution in [-0.4, -0.2) is 36.2 Å². The van der Waals surface area contributed by atoms with E-state index >= 15 is 0 Å². The van der Waals surface area contributed by atoms with Gasteiger partial charge in [-0.2, -0.15) is 8.42 Å². The Morgan fingerprint density at radius 2 is 1.50 bits per heavy atom. The highest BCUT2D eigenvalue weighted by Crippen LogP contribution is 2.33. The highest BCUT2D eigenvalue weighted by Gasteiger charge is 2.29. The molecular weight excluding hydrogens is 641 g/mol. The maximum absolute atomic E-state index is 12.6. The van der Waals surface area contributed by atoms with Crippen LogP contribution in [0.25, 0.3) is 28.1 Å². The molecule has 4 aromatic carbocycles. The molecule has 0 unspecified atom stereocenters. The fourth-order valence-corrected chi connectivity index (χ4v) is 7.54. The van der Waals surface area contributed by atoms with Crippen molar-refractivity contribution >= 4 is 44.8 Å². The van der Waals surface area contributed by atoms with E-state index in [1.165, 1.54) is 24.9 Å². The smallest absolute Gasteiger partial charge is 0.330 e. The van der Waals surface area contributed by atoms with E-state index in [1.807, 2.05) is 22.9 Å². The average Bonchev–Trinajstić information content (AvgIpc) is 3.60. The van der Waals surface area contributed by atoms with E-state index < -0.39 is 16.1 Å². The first-order chi connectivity index (χ1) is 22.2. The van der Waals surface area contributed by atoms with Gasteiger partial charge in [0.1, 0.15) is 5.82 Å². The summed E-state index contributed by atoms with van der Waals surface area (Å²) in [4.78, 5) is 7.44. The van der Waals surface area contributed by atoms with E-state index in [0.29, 0.717) is 33.5 Å². The van der Waals surface area contributed by atoms with Gasteiger partial charge in [-0.1, -0.05) is 65.7 Å². The number of nitrogens with one attached hydrogen (secondary N) is 1. The summed E-state index contributed by atoms with van der Waals surface area (Å²) in [6.45, 7) is 2.24. The molecule has 3 heterocycles. The van der Waals surface area contributed by atoms with Crippen molar-refractivity contribution in [2.24, 2.45) is 0 Å². The van der Waals surface area contributed by atoms with Crippen LogP contribution >= 0.6 is 23.2 Å². The van der Waals surface area contributed by atoms with Crippen LogP contribution in [-0.2, 0) is 16.6 Å². The summed E-state index contributed by atoms with van der Waals surface area (Å²) in [6, 6.07) is 29.5.